The fourth-order valence-electron chi connectivity index (χ4n) is 2.52. The number of hydrogen-bond acceptors (Lipinski definition) is 3. The van der Waals surface area contributed by atoms with Crippen molar-refractivity contribution in [2.45, 2.75) is 19.9 Å². The first-order valence-electron chi connectivity index (χ1n) is 7.66. The van der Waals surface area contributed by atoms with Crippen LogP contribution in [-0.2, 0) is 13.0 Å². The van der Waals surface area contributed by atoms with E-state index in [9.17, 15) is 9.59 Å². The topological polar surface area (TPSA) is 59.3 Å². The van der Waals surface area contributed by atoms with Gasteiger partial charge in [0, 0.05) is 28.0 Å². The van der Waals surface area contributed by atoms with Crippen LogP contribution in [0.5, 0.6) is 0 Å². The van der Waals surface area contributed by atoms with Gasteiger partial charge in [0.05, 0.1) is 0 Å². The molecule has 0 radical (unpaired) electrons. The molecular formula is C19H16BrNO3. The van der Waals surface area contributed by atoms with Gasteiger partial charge in [0.15, 0.2) is 0 Å². The van der Waals surface area contributed by atoms with Gasteiger partial charge in [-0.3, -0.25) is 4.79 Å². The van der Waals surface area contributed by atoms with Crippen molar-refractivity contribution in [3.63, 3.8) is 0 Å². The average molecular weight is 386 g/mol. The van der Waals surface area contributed by atoms with Crippen molar-refractivity contribution in [1.29, 1.82) is 0 Å². The van der Waals surface area contributed by atoms with Crippen LogP contribution in [0, 0.1) is 0 Å². The summed E-state index contributed by atoms with van der Waals surface area (Å²) >= 11 is 3.34. The molecule has 1 amide bonds. The van der Waals surface area contributed by atoms with Crippen molar-refractivity contribution >= 4 is 32.8 Å². The van der Waals surface area contributed by atoms with E-state index in [4.69, 9.17) is 4.42 Å². The zero-order valence-corrected chi connectivity index (χ0v) is 14.7. The summed E-state index contributed by atoms with van der Waals surface area (Å²) in [6.07, 6.45) is 0.889. The maximum Gasteiger partial charge on any atom is 0.336 e. The van der Waals surface area contributed by atoms with Gasteiger partial charge in [0.1, 0.15) is 5.58 Å². The fourth-order valence-corrected chi connectivity index (χ4v) is 2.78. The Bertz CT molecular complexity index is 945. The summed E-state index contributed by atoms with van der Waals surface area (Å²) in [6, 6.07) is 14.3. The van der Waals surface area contributed by atoms with Crippen LogP contribution >= 0.6 is 15.9 Å². The van der Waals surface area contributed by atoms with E-state index in [2.05, 4.69) is 28.2 Å². The number of aryl methyl sites for hydroxylation is 1. The summed E-state index contributed by atoms with van der Waals surface area (Å²) in [5.41, 5.74) is 2.59. The summed E-state index contributed by atoms with van der Waals surface area (Å²) in [7, 11) is 0. The molecule has 5 heteroatoms. The largest absolute Gasteiger partial charge is 0.423 e. The standard InChI is InChI=1S/C19H16BrNO3/c1-2-12-3-8-17-16(9-12)14(10-18(22)24-17)11-21-19(23)13-4-6-15(20)7-5-13/h3-10H,2,11H2,1H3,(H,21,23). The summed E-state index contributed by atoms with van der Waals surface area (Å²) in [5, 5.41) is 3.71. The monoisotopic (exact) mass is 385 g/mol. The molecule has 1 N–H and O–H groups in total. The van der Waals surface area contributed by atoms with Crippen LogP contribution < -0.4 is 10.9 Å². The molecule has 0 aliphatic carbocycles. The maximum absolute atomic E-state index is 12.2. The van der Waals surface area contributed by atoms with Crippen LogP contribution in [0.25, 0.3) is 11.0 Å². The Kier molecular flexibility index (Phi) is 4.81. The minimum Gasteiger partial charge on any atom is -0.423 e. The van der Waals surface area contributed by atoms with Gasteiger partial charge in [-0.05, 0) is 53.9 Å². The van der Waals surface area contributed by atoms with Crippen LogP contribution in [0.3, 0.4) is 0 Å². The second kappa shape index (κ2) is 7.01. The highest BCUT2D eigenvalue weighted by atomic mass is 79.9. The van der Waals surface area contributed by atoms with Gasteiger partial charge in [0.2, 0.25) is 0 Å². The Labute approximate surface area is 147 Å². The zero-order chi connectivity index (χ0) is 17.1. The third kappa shape index (κ3) is 3.57. The van der Waals surface area contributed by atoms with Crippen molar-refractivity contribution in [2.24, 2.45) is 0 Å². The van der Waals surface area contributed by atoms with Crippen molar-refractivity contribution in [1.82, 2.24) is 5.32 Å². The first kappa shape index (κ1) is 16.5. The van der Waals surface area contributed by atoms with Crippen molar-refractivity contribution < 1.29 is 9.21 Å². The lowest BCUT2D eigenvalue weighted by Crippen LogP contribution is -2.23. The summed E-state index contributed by atoms with van der Waals surface area (Å²) in [6.45, 7) is 2.33. The maximum atomic E-state index is 12.2. The van der Waals surface area contributed by atoms with Crippen LogP contribution in [0.4, 0.5) is 0 Å². The molecule has 0 saturated carbocycles. The summed E-state index contributed by atoms with van der Waals surface area (Å²) < 4.78 is 6.15. The first-order valence-corrected chi connectivity index (χ1v) is 8.45. The second-order valence-electron chi connectivity index (χ2n) is 5.46. The van der Waals surface area contributed by atoms with E-state index in [1.165, 1.54) is 6.07 Å². The van der Waals surface area contributed by atoms with E-state index in [-0.39, 0.29) is 12.5 Å². The lowest BCUT2D eigenvalue weighted by Gasteiger charge is -2.09. The number of amides is 1. The van der Waals surface area contributed by atoms with E-state index in [1.54, 1.807) is 18.2 Å². The number of benzene rings is 2. The molecule has 0 aliphatic rings. The molecule has 1 aromatic heterocycles. The van der Waals surface area contributed by atoms with Crippen LogP contribution in [0.2, 0.25) is 0 Å². The zero-order valence-electron chi connectivity index (χ0n) is 13.1. The molecule has 0 atom stereocenters. The van der Waals surface area contributed by atoms with Crippen LogP contribution in [0.1, 0.15) is 28.4 Å². The highest BCUT2D eigenvalue weighted by Gasteiger charge is 2.09. The molecule has 0 fully saturated rings. The Hall–Kier alpha value is -2.40. The van der Waals surface area contributed by atoms with Gasteiger partial charge < -0.3 is 9.73 Å². The number of fused-ring (bicyclic) bond motifs is 1. The fraction of sp³-hybridized carbons (Fsp3) is 0.158. The van der Waals surface area contributed by atoms with Crippen molar-refractivity contribution in [3.05, 3.63) is 80.1 Å². The highest BCUT2D eigenvalue weighted by Crippen LogP contribution is 2.19. The van der Waals surface area contributed by atoms with Crippen molar-refractivity contribution in [2.75, 3.05) is 0 Å². The SMILES string of the molecule is CCc1ccc2oc(=O)cc(CNC(=O)c3ccc(Br)cc3)c2c1. The van der Waals surface area contributed by atoms with E-state index in [1.807, 2.05) is 24.3 Å². The quantitative estimate of drug-likeness (QED) is 0.689. The molecule has 1 heterocycles. The van der Waals surface area contributed by atoms with E-state index < -0.39 is 5.63 Å². The van der Waals surface area contributed by atoms with Gasteiger partial charge in [0.25, 0.3) is 5.91 Å². The number of halogens is 1. The summed E-state index contributed by atoms with van der Waals surface area (Å²) in [4.78, 5) is 24.0. The Morgan fingerprint density at radius 1 is 1.12 bits per heavy atom. The number of nitrogens with one attached hydrogen (secondary N) is 1. The Morgan fingerprint density at radius 3 is 2.58 bits per heavy atom. The Balaban J connectivity index is 1.87. The molecule has 3 aromatic rings. The smallest absolute Gasteiger partial charge is 0.336 e. The second-order valence-corrected chi connectivity index (χ2v) is 6.38. The molecule has 4 nitrogen and oxygen atoms in total. The molecule has 0 unspecified atom stereocenters. The molecule has 0 saturated heterocycles. The predicted octanol–water partition coefficient (Wildman–Crippen LogP) is 4.05. The van der Waals surface area contributed by atoms with Crippen LogP contribution in [0.15, 0.2) is 62.2 Å². The lowest BCUT2D eigenvalue weighted by atomic mass is 10.1. The van der Waals surface area contributed by atoms with Gasteiger partial charge in [-0.15, -0.1) is 0 Å². The van der Waals surface area contributed by atoms with Gasteiger partial charge in [-0.25, -0.2) is 4.79 Å². The predicted molar refractivity (Wildman–Crippen MR) is 97.2 cm³/mol. The number of hydrogen-bond donors (Lipinski definition) is 1. The van der Waals surface area contributed by atoms with Gasteiger partial charge >= 0.3 is 5.63 Å². The molecule has 122 valence electrons. The number of rotatable bonds is 4. The third-order valence-electron chi connectivity index (χ3n) is 3.85. The summed E-state index contributed by atoms with van der Waals surface area (Å²) in [5.74, 6) is -0.185. The molecular weight excluding hydrogens is 370 g/mol. The number of carbonyl (C=O) groups excluding carboxylic acids is 1. The van der Waals surface area contributed by atoms with Crippen LogP contribution in [-0.4, -0.2) is 5.91 Å². The molecule has 2 aromatic carbocycles. The van der Waals surface area contributed by atoms with Gasteiger partial charge in [-0.1, -0.05) is 28.9 Å². The third-order valence-corrected chi connectivity index (χ3v) is 4.38. The van der Waals surface area contributed by atoms with Crippen molar-refractivity contribution in [3.8, 4) is 0 Å². The minimum absolute atomic E-state index is 0.185. The number of carbonyl (C=O) groups is 1. The highest BCUT2D eigenvalue weighted by molar-refractivity contribution is 9.10. The lowest BCUT2D eigenvalue weighted by molar-refractivity contribution is 0.0951. The first-order chi connectivity index (χ1) is 11.6. The minimum atomic E-state index is -0.417. The van der Waals surface area contributed by atoms with E-state index in [0.717, 1.165) is 27.4 Å². The molecule has 24 heavy (non-hydrogen) atoms. The molecule has 3 rings (SSSR count). The molecule has 0 bridgehead atoms. The molecule has 0 aliphatic heterocycles. The van der Waals surface area contributed by atoms with E-state index >= 15 is 0 Å². The average Bonchev–Trinajstić information content (AvgIpc) is 2.59. The van der Waals surface area contributed by atoms with Gasteiger partial charge in [-0.2, -0.15) is 0 Å². The Morgan fingerprint density at radius 2 is 1.88 bits per heavy atom. The van der Waals surface area contributed by atoms with E-state index in [0.29, 0.717) is 11.1 Å². The molecule has 0 spiro atoms. The normalized spacial score (nSPS) is 10.8.